The summed E-state index contributed by atoms with van der Waals surface area (Å²) in [5.41, 5.74) is -0.764. The number of carboxylic acids is 1. The summed E-state index contributed by atoms with van der Waals surface area (Å²) in [6.07, 6.45) is 1.62. The first kappa shape index (κ1) is 16.4. The van der Waals surface area contributed by atoms with Gasteiger partial charge in [-0.25, -0.2) is 5.01 Å². The monoisotopic (exact) mass is 311 g/mol. The second-order valence-corrected chi connectivity index (χ2v) is 5.81. The summed E-state index contributed by atoms with van der Waals surface area (Å²) in [5, 5.41) is 14.7. The van der Waals surface area contributed by atoms with Crippen molar-refractivity contribution in [2.75, 3.05) is 33.9 Å². The van der Waals surface area contributed by atoms with Gasteiger partial charge >= 0.3 is 5.97 Å². The van der Waals surface area contributed by atoms with Gasteiger partial charge in [-0.2, -0.15) is 5.10 Å². The number of carboxylic acid groups (broad SMARTS) is 1. The van der Waals surface area contributed by atoms with Gasteiger partial charge in [0.05, 0.1) is 6.61 Å². The van der Waals surface area contributed by atoms with Gasteiger partial charge in [0.25, 0.3) is 5.91 Å². The highest BCUT2D eigenvalue weighted by atomic mass is 16.5. The van der Waals surface area contributed by atoms with Crippen LogP contribution in [0.2, 0.25) is 0 Å². The molecule has 0 aliphatic carbocycles. The van der Waals surface area contributed by atoms with Crippen LogP contribution < -0.4 is 0 Å². The Morgan fingerprint density at radius 3 is 2.73 bits per heavy atom. The molecule has 2 heterocycles. The first-order valence-corrected chi connectivity index (χ1v) is 7.25. The molecule has 0 spiro atoms. The van der Waals surface area contributed by atoms with Gasteiger partial charge in [-0.1, -0.05) is 0 Å². The highest BCUT2D eigenvalue weighted by Gasteiger charge is 2.44. The number of carbonyl (C=O) groups is 3. The molecular weight excluding hydrogens is 290 g/mol. The largest absolute Gasteiger partial charge is 0.481 e. The van der Waals surface area contributed by atoms with Crippen molar-refractivity contribution in [1.82, 2.24) is 9.91 Å². The van der Waals surface area contributed by atoms with Gasteiger partial charge in [0.2, 0.25) is 5.91 Å². The lowest BCUT2D eigenvalue weighted by Gasteiger charge is -2.39. The lowest BCUT2D eigenvalue weighted by atomic mass is 9.80. The third kappa shape index (κ3) is 3.11. The average molecular weight is 311 g/mol. The molecule has 0 radical (unpaired) electrons. The number of methoxy groups -OCH3 is 1. The number of carbonyl (C=O) groups excluding carboxylic acids is 2. The third-order valence-corrected chi connectivity index (χ3v) is 4.19. The second-order valence-electron chi connectivity index (χ2n) is 5.81. The van der Waals surface area contributed by atoms with E-state index in [0.717, 1.165) is 0 Å². The van der Waals surface area contributed by atoms with Crippen molar-refractivity contribution < 1.29 is 24.2 Å². The summed E-state index contributed by atoms with van der Waals surface area (Å²) in [6, 6.07) is 0. The molecule has 0 aromatic heterocycles. The van der Waals surface area contributed by atoms with Crippen molar-refractivity contribution in [3.8, 4) is 0 Å². The van der Waals surface area contributed by atoms with Crippen LogP contribution in [0, 0.1) is 5.41 Å². The summed E-state index contributed by atoms with van der Waals surface area (Å²) in [5.74, 6) is -1.38. The molecule has 0 aromatic carbocycles. The van der Waals surface area contributed by atoms with E-state index in [2.05, 4.69) is 5.10 Å². The molecule has 0 saturated carbocycles. The van der Waals surface area contributed by atoms with E-state index in [-0.39, 0.29) is 31.4 Å². The zero-order chi connectivity index (χ0) is 16.3. The molecule has 2 aliphatic rings. The summed E-state index contributed by atoms with van der Waals surface area (Å²) in [7, 11) is 2.97. The Labute approximate surface area is 128 Å². The van der Waals surface area contributed by atoms with Gasteiger partial charge in [0.15, 0.2) is 0 Å². The number of rotatable bonds is 4. The summed E-state index contributed by atoms with van der Waals surface area (Å²) in [6.45, 7) is 0.664. The Balaban J connectivity index is 2.15. The summed E-state index contributed by atoms with van der Waals surface area (Å²) >= 11 is 0. The molecule has 0 bridgehead atoms. The van der Waals surface area contributed by atoms with E-state index >= 15 is 0 Å². The molecule has 8 heteroatoms. The minimum atomic E-state index is -1.07. The van der Waals surface area contributed by atoms with Gasteiger partial charge < -0.3 is 14.7 Å². The number of piperidine rings is 1. The first-order valence-electron chi connectivity index (χ1n) is 7.25. The molecule has 2 amide bonds. The molecule has 1 fully saturated rings. The maximum atomic E-state index is 12.5. The number of ether oxygens (including phenoxy) is 1. The average Bonchev–Trinajstić information content (AvgIpc) is 2.49. The minimum Gasteiger partial charge on any atom is -0.481 e. The Morgan fingerprint density at radius 2 is 2.14 bits per heavy atom. The fourth-order valence-electron chi connectivity index (χ4n) is 2.94. The first-order chi connectivity index (χ1) is 10.4. The smallest absolute Gasteiger partial charge is 0.313 e. The zero-order valence-electron chi connectivity index (χ0n) is 12.9. The van der Waals surface area contributed by atoms with Crippen molar-refractivity contribution in [3.05, 3.63) is 0 Å². The van der Waals surface area contributed by atoms with E-state index in [9.17, 15) is 19.5 Å². The highest BCUT2D eigenvalue weighted by molar-refractivity contribution is 6.39. The summed E-state index contributed by atoms with van der Waals surface area (Å²) < 4.78 is 5.05. The van der Waals surface area contributed by atoms with Gasteiger partial charge in [0.1, 0.15) is 11.1 Å². The van der Waals surface area contributed by atoms with Crippen LogP contribution in [0.1, 0.15) is 25.7 Å². The Bertz CT molecular complexity index is 515. The van der Waals surface area contributed by atoms with Crippen LogP contribution in [0.3, 0.4) is 0 Å². The van der Waals surface area contributed by atoms with Gasteiger partial charge in [0, 0.05) is 40.1 Å². The van der Waals surface area contributed by atoms with E-state index < -0.39 is 11.4 Å². The predicted octanol–water partition coefficient (Wildman–Crippen LogP) is -0.0656. The van der Waals surface area contributed by atoms with E-state index in [1.165, 1.54) is 24.1 Å². The Kier molecular flexibility index (Phi) is 4.80. The normalized spacial score (nSPS) is 25.9. The SMILES string of the molecule is COCC1(C(=O)O)CCCN(C(=O)C2=NN(C)C(=O)CC2)C1. The lowest BCUT2D eigenvalue weighted by Crippen LogP contribution is -2.54. The maximum absolute atomic E-state index is 12.5. The van der Waals surface area contributed by atoms with Crippen LogP contribution in [0.5, 0.6) is 0 Å². The zero-order valence-corrected chi connectivity index (χ0v) is 12.9. The predicted molar refractivity (Wildman–Crippen MR) is 77.2 cm³/mol. The van der Waals surface area contributed by atoms with Crippen LogP contribution in [-0.4, -0.2) is 72.4 Å². The molecular formula is C14H21N3O5. The number of hydrazone groups is 1. The van der Waals surface area contributed by atoms with Crippen LogP contribution in [0.25, 0.3) is 0 Å². The molecule has 22 heavy (non-hydrogen) atoms. The fraction of sp³-hybridized carbons (Fsp3) is 0.714. The Hall–Kier alpha value is -1.96. The molecule has 1 N–H and O–H groups in total. The van der Waals surface area contributed by atoms with E-state index in [1.54, 1.807) is 0 Å². The molecule has 1 unspecified atom stereocenters. The second kappa shape index (κ2) is 6.43. The number of aliphatic carboxylic acids is 1. The van der Waals surface area contributed by atoms with Gasteiger partial charge in [-0.3, -0.25) is 14.4 Å². The van der Waals surface area contributed by atoms with E-state index in [4.69, 9.17) is 4.74 Å². The molecule has 1 atom stereocenters. The number of nitrogens with zero attached hydrogens (tertiary/aromatic N) is 3. The fourth-order valence-corrected chi connectivity index (χ4v) is 2.94. The number of hydrogen-bond acceptors (Lipinski definition) is 5. The van der Waals surface area contributed by atoms with Crippen LogP contribution >= 0.6 is 0 Å². The van der Waals surface area contributed by atoms with E-state index in [1.807, 2.05) is 0 Å². The Morgan fingerprint density at radius 1 is 1.41 bits per heavy atom. The standard InChI is InChI=1S/C14H21N3O5/c1-16-11(18)5-4-10(15-16)12(19)17-7-3-6-14(8-17,9-22-2)13(20)21/h3-9H2,1-2H3,(H,20,21). The van der Waals surface area contributed by atoms with Crippen LogP contribution in [0.15, 0.2) is 5.10 Å². The van der Waals surface area contributed by atoms with Crippen molar-refractivity contribution in [2.45, 2.75) is 25.7 Å². The lowest BCUT2D eigenvalue weighted by molar-refractivity contribution is -0.158. The van der Waals surface area contributed by atoms with Crippen LogP contribution in [-0.2, 0) is 19.1 Å². The molecule has 2 aliphatic heterocycles. The molecule has 122 valence electrons. The van der Waals surface area contributed by atoms with Crippen molar-refractivity contribution in [1.29, 1.82) is 0 Å². The van der Waals surface area contributed by atoms with Crippen molar-refractivity contribution in [2.24, 2.45) is 10.5 Å². The van der Waals surface area contributed by atoms with Crippen molar-refractivity contribution in [3.63, 3.8) is 0 Å². The summed E-state index contributed by atoms with van der Waals surface area (Å²) in [4.78, 5) is 37.1. The highest BCUT2D eigenvalue weighted by Crippen LogP contribution is 2.31. The maximum Gasteiger partial charge on any atom is 0.313 e. The number of hydrogen-bond donors (Lipinski definition) is 1. The molecule has 8 nitrogen and oxygen atoms in total. The topological polar surface area (TPSA) is 99.5 Å². The van der Waals surface area contributed by atoms with Crippen molar-refractivity contribution >= 4 is 23.5 Å². The third-order valence-electron chi connectivity index (χ3n) is 4.19. The van der Waals surface area contributed by atoms with Crippen LogP contribution in [0.4, 0.5) is 0 Å². The molecule has 0 aromatic rings. The number of likely N-dealkylation sites (tertiary alicyclic amines) is 1. The molecule has 1 saturated heterocycles. The molecule has 2 rings (SSSR count). The van der Waals surface area contributed by atoms with Gasteiger partial charge in [-0.05, 0) is 12.8 Å². The van der Waals surface area contributed by atoms with E-state index in [0.29, 0.717) is 31.5 Å². The number of amides is 2. The minimum absolute atomic E-state index is 0.0664. The van der Waals surface area contributed by atoms with Gasteiger partial charge in [-0.15, -0.1) is 0 Å². The quantitative estimate of drug-likeness (QED) is 0.783.